The number of fused-ring (bicyclic) bond motifs is 1. The maximum atomic E-state index is 13.0. The highest BCUT2D eigenvalue weighted by Crippen LogP contribution is 2.30. The Balaban J connectivity index is 1.32. The molecule has 0 radical (unpaired) electrons. The lowest BCUT2D eigenvalue weighted by Crippen LogP contribution is -2.32. The van der Waals surface area contributed by atoms with Crippen LogP contribution in [0.15, 0.2) is 53.6 Å². The fourth-order valence-corrected chi connectivity index (χ4v) is 5.66. The van der Waals surface area contributed by atoms with E-state index in [1.165, 1.54) is 12.1 Å². The van der Waals surface area contributed by atoms with E-state index in [1.807, 2.05) is 20.8 Å². The van der Waals surface area contributed by atoms with Gasteiger partial charge in [-0.2, -0.15) is 0 Å². The molecular weight excluding hydrogens is 564 g/mol. The average molecular weight is 605 g/mol. The van der Waals surface area contributed by atoms with Gasteiger partial charge in [0.05, 0.1) is 21.1 Å². The van der Waals surface area contributed by atoms with Gasteiger partial charge in [-0.05, 0) is 57.9 Å². The molecule has 3 rings (SSSR count). The highest BCUT2D eigenvalue weighted by molar-refractivity contribution is 7.92. The van der Waals surface area contributed by atoms with Gasteiger partial charge in [0.2, 0.25) is 0 Å². The van der Waals surface area contributed by atoms with E-state index in [2.05, 4.69) is 20.3 Å². The lowest BCUT2D eigenvalue weighted by Gasteiger charge is -2.19. The molecular formula is C30H41ClN4O5S. The number of sulfonamides is 1. The van der Waals surface area contributed by atoms with E-state index >= 15 is 0 Å². The number of halogens is 1. The Morgan fingerprint density at radius 3 is 2.15 bits per heavy atom. The maximum absolute atomic E-state index is 13.0. The molecule has 0 spiro atoms. The molecule has 2 amide bonds. The standard InChI is InChI=1S/C30H41ClN4O5S/c1-30(2,3)40-29(37)33-19-11-9-7-5-4-6-8-10-18-32-28(36)22-14-12-15-23(20-22)41(38,39)35-26-17-13-16-24-25(31)21-34-27(24)26/h12-17,20-21,34-35H,4-11,18-19H2,1-3H3,(H,32,36)(H,33,37). The molecule has 41 heavy (non-hydrogen) atoms. The first kappa shape index (κ1) is 32.3. The number of hydrogen-bond donors (Lipinski definition) is 4. The van der Waals surface area contributed by atoms with E-state index in [4.69, 9.17) is 16.3 Å². The van der Waals surface area contributed by atoms with Crippen molar-refractivity contribution in [2.45, 2.75) is 82.6 Å². The number of carbonyl (C=O) groups excluding carboxylic acids is 2. The Hall–Kier alpha value is -3.24. The molecule has 0 aliphatic rings. The van der Waals surface area contributed by atoms with Gasteiger partial charge < -0.3 is 20.4 Å². The predicted molar refractivity (Wildman–Crippen MR) is 164 cm³/mol. The Bertz CT molecular complexity index is 1420. The number of nitrogens with one attached hydrogen (secondary N) is 4. The molecule has 0 atom stereocenters. The second-order valence-corrected chi connectivity index (χ2v) is 13.1. The van der Waals surface area contributed by atoms with Gasteiger partial charge >= 0.3 is 6.09 Å². The normalized spacial score (nSPS) is 11.8. The second-order valence-electron chi connectivity index (χ2n) is 11.0. The number of H-pyrrole nitrogens is 1. The molecule has 0 aliphatic carbocycles. The molecule has 9 nitrogen and oxygen atoms in total. The average Bonchev–Trinajstić information content (AvgIpc) is 3.29. The molecule has 0 saturated heterocycles. The summed E-state index contributed by atoms with van der Waals surface area (Å²) >= 11 is 6.15. The number of amides is 2. The largest absolute Gasteiger partial charge is 0.444 e. The van der Waals surface area contributed by atoms with Crippen molar-refractivity contribution in [3.63, 3.8) is 0 Å². The third kappa shape index (κ3) is 10.6. The van der Waals surface area contributed by atoms with Crippen LogP contribution in [0.3, 0.4) is 0 Å². The first-order valence-electron chi connectivity index (χ1n) is 14.1. The number of benzene rings is 2. The molecule has 2 aromatic carbocycles. The van der Waals surface area contributed by atoms with Gasteiger partial charge in [-0.25, -0.2) is 13.2 Å². The molecule has 0 bridgehead atoms. The van der Waals surface area contributed by atoms with Crippen molar-refractivity contribution < 1.29 is 22.7 Å². The molecule has 4 N–H and O–H groups in total. The fourth-order valence-electron chi connectivity index (χ4n) is 4.33. The molecule has 3 aromatic rings. The topological polar surface area (TPSA) is 129 Å². The molecule has 0 unspecified atom stereocenters. The van der Waals surface area contributed by atoms with Crippen molar-refractivity contribution >= 4 is 50.2 Å². The number of ether oxygens (including phenoxy) is 1. The fraction of sp³-hybridized carbons (Fsp3) is 0.467. The van der Waals surface area contributed by atoms with Crippen LogP contribution in [0.4, 0.5) is 10.5 Å². The van der Waals surface area contributed by atoms with Crippen molar-refractivity contribution in [3.05, 3.63) is 59.2 Å². The van der Waals surface area contributed by atoms with E-state index < -0.39 is 15.6 Å². The summed E-state index contributed by atoms with van der Waals surface area (Å²) in [4.78, 5) is 27.2. The smallest absolute Gasteiger partial charge is 0.407 e. The number of alkyl carbamates (subject to hydrolysis) is 1. The summed E-state index contributed by atoms with van der Waals surface area (Å²) in [6, 6.07) is 11.2. The van der Waals surface area contributed by atoms with Crippen LogP contribution in [0.2, 0.25) is 5.02 Å². The second kappa shape index (κ2) is 15.1. The molecule has 1 aromatic heterocycles. The van der Waals surface area contributed by atoms with Crippen LogP contribution in [-0.4, -0.2) is 44.1 Å². The molecule has 224 valence electrons. The summed E-state index contributed by atoms with van der Waals surface area (Å²) in [5, 5.41) is 6.88. The lowest BCUT2D eigenvalue weighted by atomic mass is 10.1. The maximum Gasteiger partial charge on any atom is 0.407 e. The third-order valence-electron chi connectivity index (χ3n) is 6.37. The van der Waals surface area contributed by atoms with Crippen molar-refractivity contribution in [3.8, 4) is 0 Å². The van der Waals surface area contributed by atoms with Crippen LogP contribution in [0.25, 0.3) is 10.9 Å². The minimum absolute atomic E-state index is 0.000396. The van der Waals surface area contributed by atoms with Crippen LogP contribution in [0, 0.1) is 0 Å². The molecule has 11 heteroatoms. The van der Waals surface area contributed by atoms with Crippen molar-refractivity contribution in [1.29, 1.82) is 0 Å². The van der Waals surface area contributed by atoms with E-state index in [9.17, 15) is 18.0 Å². The van der Waals surface area contributed by atoms with Gasteiger partial charge in [0.1, 0.15) is 5.60 Å². The molecule has 0 aliphatic heterocycles. The van der Waals surface area contributed by atoms with Crippen molar-refractivity contribution in [2.75, 3.05) is 17.8 Å². The minimum atomic E-state index is -3.92. The monoisotopic (exact) mass is 604 g/mol. The summed E-state index contributed by atoms with van der Waals surface area (Å²) in [5.74, 6) is -0.305. The Kier molecular flexibility index (Phi) is 11.9. The predicted octanol–water partition coefficient (Wildman–Crippen LogP) is 7.00. The van der Waals surface area contributed by atoms with Gasteiger partial charge in [0, 0.05) is 30.2 Å². The van der Waals surface area contributed by atoms with Gasteiger partial charge in [-0.1, -0.05) is 68.3 Å². The minimum Gasteiger partial charge on any atom is -0.444 e. The highest BCUT2D eigenvalue weighted by Gasteiger charge is 2.19. The zero-order chi connectivity index (χ0) is 29.9. The van der Waals surface area contributed by atoms with E-state index in [-0.39, 0.29) is 22.5 Å². The van der Waals surface area contributed by atoms with Gasteiger partial charge in [0.15, 0.2) is 0 Å². The summed E-state index contributed by atoms with van der Waals surface area (Å²) in [6.45, 7) is 6.69. The first-order chi connectivity index (χ1) is 19.5. The van der Waals surface area contributed by atoms with Crippen LogP contribution in [0.5, 0.6) is 0 Å². The number of anilines is 1. The lowest BCUT2D eigenvalue weighted by molar-refractivity contribution is 0.0526. The van der Waals surface area contributed by atoms with Gasteiger partial charge in [-0.15, -0.1) is 0 Å². The van der Waals surface area contributed by atoms with E-state index in [0.717, 1.165) is 51.4 Å². The van der Waals surface area contributed by atoms with Crippen LogP contribution >= 0.6 is 11.6 Å². The van der Waals surface area contributed by atoms with Crippen molar-refractivity contribution in [2.24, 2.45) is 0 Å². The summed E-state index contributed by atoms with van der Waals surface area (Å²) in [5.41, 5.74) is 0.770. The molecule has 0 fully saturated rings. The van der Waals surface area contributed by atoms with Crippen LogP contribution < -0.4 is 15.4 Å². The number of carbonyl (C=O) groups is 2. The summed E-state index contributed by atoms with van der Waals surface area (Å²) in [6.07, 6.45) is 9.56. The number of para-hydroxylation sites is 1. The zero-order valence-corrected chi connectivity index (χ0v) is 25.6. The number of aromatic nitrogens is 1. The van der Waals surface area contributed by atoms with Gasteiger partial charge in [0.25, 0.3) is 15.9 Å². The Morgan fingerprint density at radius 1 is 0.878 bits per heavy atom. The number of rotatable bonds is 15. The number of hydrogen-bond acceptors (Lipinski definition) is 5. The Labute approximate surface area is 247 Å². The SMILES string of the molecule is CC(C)(C)OC(=O)NCCCCCCCCCCNC(=O)c1cccc(S(=O)(=O)Nc2cccc3c(Cl)c[nH]c23)c1. The molecule has 0 saturated carbocycles. The van der Waals surface area contributed by atoms with Crippen LogP contribution in [0.1, 0.15) is 82.5 Å². The van der Waals surface area contributed by atoms with E-state index in [0.29, 0.717) is 34.7 Å². The quantitative estimate of drug-likeness (QED) is 0.139. The summed E-state index contributed by atoms with van der Waals surface area (Å²) < 4.78 is 33.9. The Morgan fingerprint density at radius 2 is 1.49 bits per heavy atom. The molecule has 1 heterocycles. The van der Waals surface area contributed by atoms with Crippen molar-refractivity contribution in [1.82, 2.24) is 15.6 Å². The number of unbranched alkanes of at least 4 members (excludes halogenated alkanes) is 7. The first-order valence-corrected chi connectivity index (χ1v) is 16.0. The van der Waals surface area contributed by atoms with Crippen LogP contribution in [-0.2, 0) is 14.8 Å². The zero-order valence-electron chi connectivity index (χ0n) is 24.0. The summed E-state index contributed by atoms with van der Waals surface area (Å²) in [7, 11) is -3.92. The number of aromatic amines is 1. The van der Waals surface area contributed by atoms with Gasteiger partial charge in [-0.3, -0.25) is 9.52 Å². The third-order valence-corrected chi connectivity index (χ3v) is 8.05. The van der Waals surface area contributed by atoms with E-state index in [1.54, 1.807) is 36.5 Å². The highest BCUT2D eigenvalue weighted by atomic mass is 35.5.